The molecule has 0 atom stereocenters. The predicted molar refractivity (Wildman–Crippen MR) is 73.5 cm³/mol. The zero-order valence-electron chi connectivity index (χ0n) is 10.8. The fourth-order valence-electron chi connectivity index (χ4n) is 2.24. The first-order valence-corrected chi connectivity index (χ1v) is 6.43. The van der Waals surface area contributed by atoms with Crippen LogP contribution in [0.2, 0.25) is 0 Å². The van der Waals surface area contributed by atoms with Crippen LogP contribution in [-0.4, -0.2) is 21.7 Å². The summed E-state index contributed by atoms with van der Waals surface area (Å²) >= 11 is 0. The molecule has 1 aliphatic heterocycles. The van der Waals surface area contributed by atoms with Gasteiger partial charge < -0.3 is 5.32 Å². The minimum absolute atomic E-state index is 0.00481. The van der Waals surface area contributed by atoms with Crippen molar-refractivity contribution in [1.82, 2.24) is 9.97 Å². The first-order chi connectivity index (χ1) is 9.72. The van der Waals surface area contributed by atoms with Gasteiger partial charge in [-0.3, -0.25) is 19.6 Å². The van der Waals surface area contributed by atoms with Crippen LogP contribution >= 0.6 is 0 Å². The predicted octanol–water partition coefficient (Wildman–Crippen LogP) is 1.79. The molecule has 0 aliphatic carbocycles. The first-order valence-electron chi connectivity index (χ1n) is 6.43. The molecule has 0 unspecified atom stereocenters. The average Bonchev–Trinajstić information content (AvgIpc) is 2.47. The van der Waals surface area contributed by atoms with Crippen molar-refractivity contribution in [3.8, 4) is 0 Å². The number of anilines is 1. The molecule has 1 aliphatic rings. The molecule has 0 saturated heterocycles. The van der Waals surface area contributed by atoms with Gasteiger partial charge in [-0.25, -0.2) is 0 Å². The molecule has 0 saturated carbocycles. The van der Waals surface area contributed by atoms with Crippen molar-refractivity contribution >= 4 is 17.4 Å². The third-order valence-corrected chi connectivity index (χ3v) is 3.28. The summed E-state index contributed by atoms with van der Waals surface area (Å²) in [5.74, 6) is 0.0290. The van der Waals surface area contributed by atoms with Crippen LogP contribution in [0.1, 0.15) is 28.0 Å². The maximum absolute atomic E-state index is 12.2. The molecular formula is C15H13N3O2. The van der Waals surface area contributed by atoms with Crippen LogP contribution in [0.4, 0.5) is 5.69 Å². The standard InChI is InChI=1S/C15H13N3O2/c19-14(8-12-9-16-5-6-17-12)11-1-3-13-10(7-11)2-4-15(20)18-13/h1,3,5-7,9H,2,4,8H2,(H,18,20). The molecule has 1 amide bonds. The van der Waals surface area contributed by atoms with Gasteiger partial charge in [0.25, 0.3) is 0 Å². The second kappa shape index (κ2) is 5.21. The molecule has 1 N–H and O–H groups in total. The van der Waals surface area contributed by atoms with Crippen LogP contribution < -0.4 is 5.32 Å². The summed E-state index contributed by atoms with van der Waals surface area (Å²) in [6.07, 6.45) is 6.12. The van der Waals surface area contributed by atoms with Gasteiger partial charge in [0.05, 0.1) is 12.1 Å². The monoisotopic (exact) mass is 267 g/mol. The number of carbonyl (C=O) groups excluding carboxylic acids is 2. The lowest BCUT2D eigenvalue weighted by Crippen LogP contribution is -2.19. The van der Waals surface area contributed by atoms with Gasteiger partial charge in [0.15, 0.2) is 5.78 Å². The summed E-state index contributed by atoms with van der Waals surface area (Å²) in [5.41, 5.74) is 3.11. The van der Waals surface area contributed by atoms with Crippen molar-refractivity contribution in [2.45, 2.75) is 19.3 Å². The second-order valence-corrected chi connectivity index (χ2v) is 4.72. The highest BCUT2D eigenvalue weighted by atomic mass is 16.1. The third kappa shape index (κ3) is 2.56. The molecule has 100 valence electrons. The van der Waals surface area contributed by atoms with Crippen molar-refractivity contribution in [2.75, 3.05) is 5.32 Å². The van der Waals surface area contributed by atoms with Gasteiger partial charge in [0, 0.05) is 36.3 Å². The Bertz CT molecular complexity index is 668. The maximum Gasteiger partial charge on any atom is 0.224 e. The molecule has 0 bridgehead atoms. The summed E-state index contributed by atoms with van der Waals surface area (Å²) in [6, 6.07) is 5.38. The molecule has 0 spiro atoms. The molecule has 0 radical (unpaired) electrons. The highest BCUT2D eigenvalue weighted by Crippen LogP contribution is 2.24. The number of aryl methyl sites for hydroxylation is 1. The van der Waals surface area contributed by atoms with Crippen molar-refractivity contribution in [1.29, 1.82) is 0 Å². The summed E-state index contributed by atoms with van der Waals surface area (Å²) in [5, 5.41) is 2.80. The number of hydrogen-bond donors (Lipinski definition) is 1. The second-order valence-electron chi connectivity index (χ2n) is 4.72. The number of aromatic nitrogens is 2. The van der Waals surface area contributed by atoms with Gasteiger partial charge in [0.1, 0.15) is 0 Å². The highest BCUT2D eigenvalue weighted by molar-refractivity contribution is 5.99. The summed E-state index contributed by atoms with van der Waals surface area (Å²) in [6.45, 7) is 0. The third-order valence-electron chi connectivity index (χ3n) is 3.28. The van der Waals surface area contributed by atoms with Crippen LogP contribution in [0.5, 0.6) is 0 Å². The molecule has 20 heavy (non-hydrogen) atoms. The van der Waals surface area contributed by atoms with Crippen molar-refractivity contribution in [3.63, 3.8) is 0 Å². The van der Waals surface area contributed by atoms with Crippen LogP contribution in [0, 0.1) is 0 Å². The van der Waals surface area contributed by atoms with Crippen molar-refractivity contribution in [2.24, 2.45) is 0 Å². The molecule has 2 aromatic rings. The fraction of sp³-hybridized carbons (Fsp3) is 0.200. The lowest BCUT2D eigenvalue weighted by atomic mass is 9.97. The summed E-state index contributed by atoms with van der Waals surface area (Å²) in [4.78, 5) is 31.6. The fourth-order valence-corrected chi connectivity index (χ4v) is 2.24. The van der Waals surface area contributed by atoms with Gasteiger partial charge in [-0.05, 0) is 30.2 Å². The van der Waals surface area contributed by atoms with E-state index in [0.29, 0.717) is 24.1 Å². The van der Waals surface area contributed by atoms with Crippen LogP contribution in [0.15, 0.2) is 36.8 Å². The van der Waals surface area contributed by atoms with E-state index in [1.54, 1.807) is 30.7 Å². The van der Waals surface area contributed by atoms with Gasteiger partial charge >= 0.3 is 0 Å². The summed E-state index contributed by atoms with van der Waals surface area (Å²) < 4.78 is 0. The highest BCUT2D eigenvalue weighted by Gasteiger charge is 2.17. The Hall–Kier alpha value is -2.56. The number of fused-ring (bicyclic) bond motifs is 1. The smallest absolute Gasteiger partial charge is 0.224 e. The lowest BCUT2D eigenvalue weighted by molar-refractivity contribution is -0.116. The summed E-state index contributed by atoms with van der Waals surface area (Å²) in [7, 11) is 0. The molecular weight excluding hydrogens is 254 g/mol. The number of amides is 1. The van der Waals surface area contributed by atoms with E-state index in [4.69, 9.17) is 0 Å². The minimum Gasteiger partial charge on any atom is -0.326 e. The van der Waals surface area contributed by atoms with Crippen LogP contribution in [0.3, 0.4) is 0 Å². The number of Topliss-reactive ketones (excluding diaryl/α,β-unsaturated/α-hetero) is 1. The minimum atomic E-state index is 0.00481. The van der Waals surface area contributed by atoms with Crippen LogP contribution in [0.25, 0.3) is 0 Å². The van der Waals surface area contributed by atoms with E-state index in [1.807, 2.05) is 6.07 Å². The van der Waals surface area contributed by atoms with Gasteiger partial charge in [-0.2, -0.15) is 0 Å². The molecule has 3 rings (SSSR count). The number of nitrogens with zero attached hydrogens (tertiary/aromatic N) is 2. The Morgan fingerprint density at radius 3 is 2.95 bits per heavy atom. The van der Waals surface area contributed by atoms with Crippen LogP contribution in [-0.2, 0) is 17.6 Å². The Balaban J connectivity index is 1.81. The SMILES string of the molecule is O=C1CCc2cc(C(=O)Cc3cnccn3)ccc2N1. The van der Waals surface area contributed by atoms with E-state index < -0.39 is 0 Å². The normalized spacial score (nSPS) is 13.5. The lowest BCUT2D eigenvalue weighted by Gasteiger charge is -2.17. The number of carbonyl (C=O) groups is 2. The van der Waals surface area contributed by atoms with E-state index in [9.17, 15) is 9.59 Å². The zero-order chi connectivity index (χ0) is 13.9. The molecule has 1 aromatic carbocycles. The van der Waals surface area contributed by atoms with E-state index in [2.05, 4.69) is 15.3 Å². The Morgan fingerprint density at radius 1 is 1.25 bits per heavy atom. The van der Waals surface area contributed by atoms with E-state index in [0.717, 1.165) is 11.3 Å². The average molecular weight is 267 g/mol. The zero-order valence-corrected chi connectivity index (χ0v) is 10.8. The molecule has 5 heteroatoms. The van der Waals surface area contributed by atoms with Gasteiger partial charge in [-0.1, -0.05) is 0 Å². The Kier molecular flexibility index (Phi) is 3.25. The first kappa shape index (κ1) is 12.5. The van der Waals surface area contributed by atoms with E-state index in [-0.39, 0.29) is 18.1 Å². The van der Waals surface area contributed by atoms with E-state index >= 15 is 0 Å². The van der Waals surface area contributed by atoms with E-state index in [1.165, 1.54) is 0 Å². The molecule has 0 fully saturated rings. The molecule has 1 aromatic heterocycles. The Morgan fingerprint density at radius 2 is 2.15 bits per heavy atom. The molecule has 2 heterocycles. The van der Waals surface area contributed by atoms with Crippen molar-refractivity contribution < 1.29 is 9.59 Å². The van der Waals surface area contributed by atoms with Gasteiger partial charge in [0.2, 0.25) is 5.91 Å². The number of rotatable bonds is 3. The quantitative estimate of drug-likeness (QED) is 0.860. The maximum atomic E-state index is 12.2. The van der Waals surface area contributed by atoms with Crippen molar-refractivity contribution in [3.05, 3.63) is 53.6 Å². The number of hydrogen-bond acceptors (Lipinski definition) is 4. The Labute approximate surface area is 116 Å². The largest absolute Gasteiger partial charge is 0.326 e. The topological polar surface area (TPSA) is 72.0 Å². The number of nitrogens with one attached hydrogen (secondary N) is 1. The number of ketones is 1. The molecule has 5 nitrogen and oxygen atoms in total. The van der Waals surface area contributed by atoms with Gasteiger partial charge in [-0.15, -0.1) is 0 Å². The number of benzene rings is 1.